The van der Waals surface area contributed by atoms with Crippen LogP contribution in [0, 0.1) is 6.92 Å². The molecule has 1 aromatic heterocycles. The molecule has 1 atom stereocenters. The molecule has 2 N–H and O–H groups in total. The zero-order valence-corrected chi connectivity index (χ0v) is 17.7. The Morgan fingerprint density at radius 3 is 2.38 bits per heavy atom. The number of hydrogen-bond donors (Lipinski definition) is 2. The highest BCUT2D eigenvalue weighted by Crippen LogP contribution is 2.17. The van der Waals surface area contributed by atoms with Crippen molar-refractivity contribution in [3.05, 3.63) is 41.7 Å². The SMILES string of the molecule is Cc1cc(NC(=O)CSCC(=O)O[C@@H](C)C(=O)Nc2ccc(C(C)C)cc2)no1. The van der Waals surface area contributed by atoms with Crippen molar-refractivity contribution in [1.82, 2.24) is 5.16 Å². The molecule has 156 valence electrons. The van der Waals surface area contributed by atoms with Crippen molar-refractivity contribution in [2.24, 2.45) is 0 Å². The fourth-order valence-electron chi connectivity index (χ4n) is 2.31. The van der Waals surface area contributed by atoms with E-state index in [1.165, 1.54) is 12.5 Å². The fourth-order valence-corrected chi connectivity index (χ4v) is 2.91. The molecular formula is C20H25N3O5S. The highest BCUT2D eigenvalue weighted by Gasteiger charge is 2.18. The largest absolute Gasteiger partial charge is 0.452 e. The first kappa shape index (κ1) is 22.5. The molecule has 1 heterocycles. The lowest BCUT2D eigenvalue weighted by molar-refractivity contribution is -0.150. The summed E-state index contributed by atoms with van der Waals surface area (Å²) in [5.41, 5.74) is 1.80. The van der Waals surface area contributed by atoms with E-state index < -0.39 is 18.0 Å². The molecule has 29 heavy (non-hydrogen) atoms. The normalized spacial score (nSPS) is 11.8. The summed E-state index contributed by atoms with van der Waals surface area (Å²) in [5, 5.41) is 8.92. The number of anilines is 2. The van der Waals surface area contributed by atoms with Gasteiger partial charge in [-0.1, -0.05) is 31.1 Å². The Bertz CT molecular complexity index is 848. The number of thioether (sulfide) groups is 1. The topological polar surface area (TPSA) is 111 Å². The molecule has 0 aliphatic carbocycles. The first-order valence-electron chi connectivity index (χ1n) is 9.16. The number of esters is 1. The van der Waals surface area contributed by atoms with Crippen LogP contribution in [0.1, 0.15) is 38.0 Å². The van der Waals surface area contributed by atoms with E-state index in [4.69, 9.17) is 9.26 Å². The van der Waals surface area contributed by atoms with Crippen LogP contribution >= 0.6 is 11.8 Å². The van der Waals surface area contributed by atoms with Gasteiger partial charge in [-0.05, 0) is 37.5 Å². The Balaban J connectivity index is 1.69. The molecule has 0 saturated carbocycles. The summed E-state index contributed by atoms with van der Waals surface area (Å²) in [6.45, 7) is 7.39. The van der Waals surface area contributed by atoms with Crippen LogP contribution in [0.5, 0.6) is 0 Å². The number of rotatable bonds is 9. The lowest BCUT2D eigenvalue weighted by Crippen LogP contribution is -2.30. The first-order chi connectivity index (χ1) is 13.7. The third-order valence-corrected chi connectivity index (χ3v) is 4.78. The van der Waals surface area contributed by atoms with Crippen molar-refractivity contribution >= 4 is 41.1 Å². The average Bonchev–Trinajstić information content (AvgIpc) is 3.06. The summed E-state index contributed by atoms with van der Waals surface area (Å²) in [7, 11) is 0. The molecule has 0 aliphatic rings. The maximum atomic E-state index is 12.2. The predicted octanol–water partition coefficient (Wildman–Crippen LogP) is 3.35. The van der Waals surface area contributed by atoms with Crippen molar-refractivity contribution < 1.29 is 23.6 Å². The highest BCUT2D eigenvalue weighted by atomic mass is 32.2. The number of carbonyl (C=O) groups excluding carboxylic acids is 3. The molecule has 1 aromatic carbocycles. The Morgan fingerprint density at radius 2 is 1.79 bits per heavy atom. The Labute approximate surface area is 173 Å². The minimum absolute atomic E-state index is 0.0454. The van der Waals surface area contributed by atoms with Gasteiger partial charge in [0.15, 0.2) is 11.9 Å². The molecule has 0 spiro atoms. The predicted molar refractivity (Wildman–Crippen MR) is 112 cm³/mol. The third-order valence-electron chi connectivity index (χ3n) is 3.87. The Kier molecular flexibility index (Phi) is 8.26. The van der Waals surface area contributed by atoms with E-state index >= 15 is 0 Å². The molecule has 2 amide bonds. The summed E-state index contributed by atoms with van der Waals surface area (Å²) in [6, 6.07) is 9.10. The molecular weight excluding hydrogens is 394 g/mol. The van der Waals surface area contributed by atoms with Crippen LogP contribution in [0.25, 0.3) is 0 Å². The zero-order chi connectivity index (χ0) is 21.4. The van der Waals surface area contributed by atoms with Gasteiger partial charge in [0.25, 0.3) is 5.91 Å². The lowest BCUT2D eigenvalue weighted by atomic mass is 10.0. The molecule has 0 fully saturated rings. The van der Waals surface area contributed by atoms with Gasteiger partial charge in [-0.15, -0.1) is 11.8 Å². The number of amides is 2. The second-order valence-corrected chi connectivity index (χ2v) is 7.75. The molecule has 9 heteroatoms. The van der Waals surface area contributed by atoms with Crippen LogP contribution in [0.15, 0.2) is 34.9 Å². The van der Waals surface area contributed by atoms with Gasteiger partial charge in [-0.25, -0.2) is 0 Å². The highest BCUT2D eigenvalue weighted by molar-refractivity contribution is 8.00. The Hall–Kier alpha value is -2.81. The fraction of sp³-hybridized carbons (Fsp3) is 0.400. The zero-order valence-electron chi connectivity index (χ0n) is 16.9. The van der Waals surface area contributed by atoms with E-state index in [9.17, 15) is 14.4 Å². The molecule has 0 bridgehead atoms. The van der Waals surface area contributed by atoms with E-state index in [2.05, 4.69) is 29.6 Å². The second kappa shape index (κ2) is 10.7. The smallest absolute Gasteiger partial charge is 0.316 e. The van der Waals surface area contributed by atoms with Gasteiger partial charge in [0.1, 0.15) is 5.76 Å². The first-order valence-corrected chi connectivity index (χ1v) is 10.3. The van der Waals surface area contributed by atoms with E-state index in [1.54, 1.807) is 13.0 Å². The number of nitrogens with one attached hydrogen (secondary N) is 2. The van der Waals surface area contributed by atoms with Gasteiger partial charge in [-0.3, -0.25) is 14.4 Å². The number of carbonyl (C=O) groups is 3. The van der Waals surface area contributed by atoms with Crippen molar-refractivity contribution in [1.29, 1.82) is 0 Å². The number of aryl methyl sites for hydroxylation is 1. The molecule has 0 radical (unpaired) electrons. The second-order valence-electron chi connectivity index (χ2n) is 6.76. The number of benzene rings is 1. The Morgan fingerprint density at radius 1 is 1.10 bits per heavy atom. The van der Waals surface area contributed by atoms with E-state index in [1.807, 2.05) is 24.3 Å². The maximum absolute atomic E-state index is 12.2. The summed E-state index contributed by atoms with van der Waals surface area (Å²) in [4.78, 5) is 35.8. The molecule has 0 saturated heterocycles. The summed E-state index contributed by atoms with van der Waals surface area (Å²) >= 11 is 1.08. The van der Waals surface area contributed by atoms with Crippen molar-refractivity contribution in [3.63, 3.8) is 0 Å². The van der Waals surface area contributed by atoms with E-state index in [0.29, 0.717) is 23.2 Å². The lowest BCUT2D eigenvalue weighted by Gasteiger charge is -2.14. The van der Waals surface area contributed by atoms with E-state index in [-0.39, 0.29) is 17.4 Å². The number of aromatic nitrogens is 1. The summed E-state index contributed by atoms with van der Waals surface area (Å²) in [5.74, 6) is 0.00111. The quantitative estimate of drug-likeness (QED) is 0.600. The number of nitrogens with zero attached hydrogens (tertiary/aromatic N) is 1. The van der Waals surface area contributed by atoms with Gasteiger partial charge in [0.2, 0.25) is 5.91 Å². The number of ether oxygens (including phenoxy) is 1. The molecule has 0 unspecified atom stereocenters. The standard InChI is InChI=1S/C20H25N3O5S/c1-12(2)15-5-7-16(8-6-15)21-20(26)14(4)27-19(25)11-29-10-18(24)22-17-9-13(3)28-23-17/h5-9,12,14H,10-11H2,1-4H3,(H,21,26)(H,22,23,24)/t14-/m0/s1. The van der Waals surface area contributed by atoms with Gasteiger partial charge in [0.05, 0.1) is 11.5 Å². The molecule has 8 nitrogen and oxygen atoms in total. The minimum atomic E-state index is -0.945. The molecule has 2 rings (SSSR count). The third kappa shape index (κ3) is 7.61. The summed E-state index contributed by atoms with van der Waals surface area (Å²) in [6.07, 6.45) is -0.945. The van der Waals surface area contributed by atoms with Crippen LogP contribution in [-0.2, 0) is 19.1 Å². The minimum Gasteiger partial charge on any atom is -0.452 e. The number of hydrogen-bond acceptors (Lipinski definition) is 7. The molecule has 0 aliphatic heterocycles. The maximum Gasteiger partial charge on any atom is 0.316 e. The molecule has 2 aromatic rings. The van der Waals surface area contributed by atoms with Crippen molar-refractivity contribution in [2.75, 3.05) is 22.1 Å². The van der Waals surface area contributed by atoms with Crippen LogP contribution in [0.4, 0.5) is 11.5 Å². The van der Waals surface area contributed by atoms with Crippen LogP contribution in [0.2, 0.25) is 0 Å². The van der Waals surface area contributed by atoms with Crippen molar-refractivity contribution in [3.8, 4) is 0 Å². The van der Waals surface area contributed by atoms with Crippen LogP contribution in [0.3, 0.4) is 0 Å². The van der Waals surface area contributed by atoms with Gasteiger partial charge in [-0.2, -0.15) is 0 Å². The van der Waals surface area contributed by atoms with Crippen molar-refractivity contribution in [2.45, 2.75) is 39.7 Å². The van der Waals surface area contributed by atoms with Crippen LogP contribution in [-0.4, -0.2) is 40.6 Å². The van der Waals surface area contributed by atoms with Crippen LogP contribution < -0.4 is 10.6 Å². The van der Waals surface area contributed by atoms with Gasteiger partial charge in [0, 0.05) is 11.8 Å². The summed E-state index contributed by atoms with van der Waals surface area (Å²) < 4.78 is 9.97. The monoisotopic (exact) mass is 419 g/mol. The van der Waals surface area contributed by atoms with Gasteiger partial charge < -0.3 is 19.9 Å². The van der Waals surface area contributed by atoms with Gasteiger partial charge >= 0.3 is 5.97 Å². The van der Waals surface area contributed by atoms with E-state index in [0.717, 1.165) is 11.8 Å². The average molecular weight is 420 g/mol.